The van der Waals surface area contributed by atoms with E-state index in [-0.39, 0.29) is 0 Å². The summed E-state index contributed by atoms with van der Waals surface area (Å²) in [6, 6.07) is 19.0. The Morgan fingerprint density at radius 2 is 1.40 bits per heavy atom. The van der Waals surface area contributed by atoms with Gasteiger partial charge in [0.15, 0.2) is 0 Å². The molecule has 0 aromatic heterocycles. The summed E-state index contributed by atoms with van der Waals surface area (Å²) in [4.78, 5) is 0. The van der Waals surface area contributed by atoms with Gasteiger partial charge in [-0.3, -0.25) is 4.57 Å². The van der Waals surface area contributed by atoms with Crippen LogP contribution in [0.25, 0.3) is 0 Å². The fraction of sp³-hybridized carbons (Fsp3) is 0.235. The number of rotatable bonds is 5. The van der Waals surface area contributed by atoms with Gasteiger partial charge in [0.05, 0.1) is 0 Å². The number of hydrogen-bond acceptors (Lipinski definition) is 1. The zero-order valence-corrected chi connectivity index (χ0v) is 12.8. The second-order valence-electron chi connectivity index (χ2n) is 5.17. The first-order valence-corrected chi connectivity index (χ1v) is 8.54. The molecule has 2 aromatic rings. The van der Waals surface area contributed by atoms with Crippen molar-refractivity contribution in [1.82, 2.24) is 0 Å². The van der Waals surface area contributed by atoms with Gasteiger partial charge in [-0.1, -0.05) is 50.2 Å². The van der Waals surface area contributed by atoms with Gasteiger partial charge in [-0.25, -0.2) is 4.76 Å². The number of benzene rings is 2. The predicted molar refractivity (Wildman–Crippen MR) is 87.7 cm³/mol. The van der Waals surface area contributed by atoms with Crippen molar-refractivity contribution < 1.29 is 4.57 Å². The van der Waals surface area contributed by atoms with Crippen LogP contribution in [0, 0.1) is 5.92 Å². The molecule has 0 amide bonds. The van der Waals surface area contributed by atoms with Crippen LogP contribution in [0.2, 0.25) is 0 Å². The molecular weight excluding hydrogens is 265 g/mol. The van der Waals surface area contributed by atoms with Crippen molar-refractivity contribution in [2.24, 2.45) is 10.7 Å². The molecule has 0 unspecified atom stereocenters. The van der Waals surface area contributed by atoms with Gasteiger partial charge in [-0.15, -0.1) is 0 Å². The van der Waals surface area contributed by atoms with Crippen molar-refractivity contribution >= 4 is 24.1 Å². The van der Waals surface area contributed by atoms with Gasteiger partial charge >= 0.3 is 0 Å². The summed E-state index contributed by atoms with van der Waals surface area (Å²) in [5, 5.41) is 1.57. The maximum atomic E-state index is 13.4. The van der Waals surface area contributed by atoms with Crippen molar-refractivity contribution in [3.63, 3.8) is 0 Å². The smallest absolute Gasteiger partial charge is 0.247 e. The van der Waals surface area contributed by atoms with E-state index in [1.165, 1.54) is 0 Å². The Kier molecular flexibility index (Phi) is 4.92. The van der Waals surface area contributed by atoms with E-state index in [1.54, 1.807) is 0 Å². The highest BCUT2D eigenvalue weighted by Crippen LogP contribution is 2.44. The maximum absolute atomic E-state index is 13.4. The zero-order chi connectivity index (χ0) is 14.4. The molecule has 0 aliphatic rings. The molecule has 0 atom stereocenters. The third-order valence-electron chi connectivity index (χ3n) is 3.03. The molecule has 20 heavy (non-hydrogen) atoms. The standard InChI is InChI=1S/C17H20NOP/c1-15(2)13-14-18-20(19,16-9-5-3-6-10-16)17-11-7-4-8-12-17/h3-12,14-15H,13H2,1-2H3. The molecule has 0 aliphatic heterocycles. The van der Waals surface area contributed by atoms with E-state index in [2.05, 4.69) is 18.6 Å². The van der Waals surface area contributed by atoms with Gasteiger partial charge < -0.3 is 0 Å². The summed E-state index contributed by atoms with van der Waals surface area (Å²) in [6.07, 6.45) is 2.65. The lowest BCUT2D eigenvalue weighted by molar-refractivity contribution is 0.588. The normalized spacial score (nSPS) is 12.2. The molecule has 0 saturated carbocycles. The van der Waals surface area contributed by atoms with Crippen molar-refractivity contribution in [2.45, 2.75) is 20.3 Å². The van der Waals surface area contributed by atoms with Crippen LogP contribution in [0.3, 0.4) is 0 Å². The lowest BCUT2D eigenvalue weighted by Crippen LogP contribution is -2.14. The summed E-state index contributed by atoms with van der Waals surface area (Å²) in [7, 11) is -2.91. The third kappa shape index (κ3) is 3.46. The van der Waals surface area contributed by atoms with Crippen LogP contribution in [0.15, 0.2) is 65.4 Å². The van der Waals surface area contributed by atoms with Crippen LogP contribution in [-0.2, 0) is 4.57 Å². The largest absolute Gasteiger partial charge is 0.288 e. The average Bonchev–Trinajstić information content (AvgIpc) is 2.48. The Morgan fingerprint density at radius 1 is 0.950 bits per heavy atom. The Bertz CT molecular complexity index is 562. The summed E-state index contributed by atoms with van der Waals surface area (Å²) >= 11 is 0. The van der Waals surface area contributed by atoms with E-state index in [0.29, 0.717) is 5.92 Å². The van der Waals surface area contributed by atoms with Gasteiger partial charge in [0.25, 0.3) is 0 Å². The maximum Gasteiger partial charge on any atom is 0.247 e. The van der Waals surface area contributed by atoms with Crippen molar-refractivity contribution in [3.8, 4) is 0 Å². The first kappa shape index (κ1) is 14.7. The predicted octanol–water partition coefficient (Wildman–Crippen LogP) is 4.03. The summed E-state index contributed by atoms with van der Waals surface area (Å²) in [6.45, 7) is 4.25. The van der Waals surface area contributed by atoms with E-state index < -0.39 is 7.29 Å². The Labute approximate surface area is 121 Å². The fourth-order valence-electron chi connectivity index (χ4n) is 1.92. The van der Waals surface area contributed by atoms with Gasteiger partial charge in [0.1, 0.15) is 0 Å². The topological polar surface area (TPSA) is 29.4 Å². The van der Waals surface area contributed by atoms with Gasteiger partial charge in [0, 0.05) is 16.8 Å². The lowest BCUT2D eigenvalue weighted by Gasteiger charge is -2.14. The van der Waals surface area contributed by atoms with Gasteiger partial charge in [-0.05, 0) is 36.6 Å². The quantitative estimate of drug-likeness (QED) is 0.602. The summed E-state index contributed by atoms with van der Waals surface area (Å²) in [5.74, 6) is 0.513. The van der Waals surface area contributed by atoms with Crippen LogP contribution in [0.5, 0.6) is 0 Å². The number of nitrogens with zero attached hydrogens (tertiary/aromatic N) is 1. The van der Waals surface area contributed by atoms with Crippen LogP contribution in [0.4, 0.5) is 0 Å². The van der Waals surface area contributed by atoms with Gasteiger partial charge in [-0.2, -0.15) is 0 Å². The van der Waals surface area contributed by atoms with Crippen LogP contribution < -0.4 is 10.6 Å². The SMILES string of the molecule is CC(C)CC=NP(=O)(c1ccccc1)c1ccccc1. The Morgan fingerprint density at radius 3 is 1.80 bits per heavy atom. The molecule has 0 spiro atoms. The summed E-state index contributed by atoms with van der Waals surface area (Å²) < 4.78 is 17.9. The molecule has 3 heteroatoms. The van der Waals surface area contributed by atoms with Crippen LogP contribution in [-0.4, -0.2) is 6.21 Å². The van der Waals surface area contributed by atoms with E-state index in [9.17, 15) is 4.57 Å². The minimum atomic E-state index is -2.91. The minimum absolute atomic E-state index is 0.513. The average molecular weight is 285 g/mol. The van der Waals surface area contributed by atoms with E-state index in [4.69, 9.17) is 0 Å². The van der Waals surface area contributed by atoms with Crippen molar-refractivity contribution in [1.29, 1.82) is 0 Å². The molecule has 0 radical (unpaired) electrons. The number of hydrogen-bond donors (Lipinski definition) is 0. The van der Waals surface area contributed by atoms with Crippen molar-refractivity contribution in [3.05, 3.63) is 60.7 Å². The van der Waals surface area contributed by atoms with Crippen LogP contribution >= 0.6 is 7.29 Å². The lowest BCUT2D eigenvalue weighted by atomic mass is 10.2. The molecule has 0 heterocycles. The highest BCUT2D eigenvalue weighted by atomic mass is 31.2. The first-order chi connectivity index (χ1) is 9.63. The third-order valence-corrected chi connectivity index (χ3v) is 5.52. The molecule has 2 rings (SSSR count). The van der Waals surface area contributed by atoms with Crippen molar-refractivity contribution in [2.75, 3.05) is 0 Å². The van der Waals surface area contributed by atoms with Crippen LogP contribution in [0.1, 0.15) is 20.3 Å². The molecule has 104 valence electrons. The highest BCUT2D eigenvalue weighted by Gasteiger charge is 2.25. The monoisotopic (exact) mass is 285 g/mol. The van der Waals surface area contributed by atoms with E-state index in [1.807, 2.05) is 66.9 Å². The molecule has 2 nitrogen and oxygen atoms in total. The molecule has 0 aliphatic carbocycles. The van der Waals surface area contributed by atoms with E-state index in [0.717, 1.165) is 17.0 Å². The summed E-state index contributed by atoms with van der Waals surface area (Å²) in [5.41, 5.74) is 0. The molecule has 0 N–H and O–H groups in total. The molecule has 0 saturated heterocycles. The zero-order valence-electron chi connectivity index (χ0n) is 11.9. The molecular formula is C17H20NOP. The highest BCUT2D eigenvalue weighted by molar-refractivity contribution is 7.77. The molecule has 0 fully saturated rings. The second kappa shape index (κ2) is 6.67. The fourth-order valence-corrected chi connectivity index (χ4v) is 3.96. The van der Waals surface area contributed by atoms with E-state index >= 15 is 0 Å². The van der Waals surface area contributed by atoms with Gasteiger partial charge in [0.2, 0.25) is 7.29 Å². The Hall–Kier alpha value is -1.66. The first-order valence-electron chi connectivity index (χ1n) is 6.88. The Balaban J connectivity index is 2.44. The second-order valence-corrected chi connectivity index (χ2v) is 7.59. The minimum Gasteiger partial charge on any atom is -0.288 e. The molecule has 0 bridgehead atoms. The molecule has 2 aromatic carbocycles.